The Labute approximate surface area is 123 Å². The molecule has 1 saturated heterocycles. The molecule has 6 heteroatoms. The van der Waals surface area contributed by atoms with E-state index in [0.717, 1.165) is 0 Å². The summed E-state index contributed by atoms with van der Waals surface area (Å²) in [5.41, 5.74) is 6.41. The van der Waals surface area contributed by atoms with Crippen LogP contribution in [0.15, 0.2) is 18.2 Å². The van der Waals surface area contributed by atoms with Gasteiger partial charge in [-0.3, -0.25) is 9.59 Å². The maximum atomic E-state index is 14.1. The van der Waals surface area contributed by atoms with Crippen molar-refractivity contribution in [3.8, 4) is 0 Å². The molecule has 2 rings (SSSR count). The monoisotopic (exact) mass is 293 g/mol. The van der Waals surface area contributed by atoms with E-state index in [4.69, 9.17) is 5.73 Å². The fourth-order valence-electron chi connectivity index (χ4n) is 2.44. The van der Waals surface area contributed by atoms with Crippen molar-refractivity contribution < 1.29 is 14.0 Å². The highest BCUT2D eigenvalue weighted by Crippen LogP contribution is 2.22. The lowest BCUT2D eigenvalue weighted by Gasteiger charge is -2.36. The zero-order valence-corrected chi connectivity index (χ0v) is 12.3. The van der Waals surface area contributed by atoms with Crippen LogP contribution in [-0.4, -0.2) is 48.8 Å². The second-order valence-electron chi connectivity index (χ2n) is 5.32. The molecule has 21 heavy (non-hydrogen) atoms. The lowest BCUT2D eigenvalue weighted by molar-refractivity contribution is -0.132. The Morgan fingerprint density at radius 2 is 1.86 bits per heavy atom. The van der Waals surface area contributed by atoms with Crippen LogP contribution in [0.4, 0.5) is 10.1 Å². The predicted molar refractivity (Wildman–Crippen MR) is 78.8 cm³/mol. The number of nitrogens with two attached hydrogens (primary N) is 1. The average Bonchev–Trinajstić information content (AvgIpc) is 2.46. The number of hydrogen-bond acceptors (Lipinski definition) is 4. The quantitative estimate of drug-likeness (QED) is 0.845. The first-order valence-corrected chi connectivity index (χ1v) is 7.00. The number of carbonyl (C=O) groups excluding carboxylic acids is 2. The maximum absolute atomic E-state index is 14.1. The molecule has 1 amide bonds. The summed E-state index contributed by atoms with van der Waals surface area (Å²) in [6.07, 6.45) is 0. The van der Waals surface area contributed by atoms with E-state index < -0.39 is 11.9 Å². The summed E-state index contributed by atoms with van der Waals surface area (Å²) in [4.78, 5) is 26.6. The molecule has 1 fully saturated rings. The lowest BCUT2D eigenvalue weighted by Crippen LogP contribution is -2.52. The Kier molecular flexibility index (Phi) is 4.57. The number of halogens is 1. The van der Waals surface area contributed by atoms with Gasteiger partial charge in [0.25, 0.3) is 0 Å². The van der Waals surface area contributed by atoms with Gasteiger partial charge < -0.3 is 15.5 Å². The van der Waals surface area contributed by atoms with Crippen LogP contribution < -0.4 is 10.6 Å². The van der Waals surface area contributed by atoms with Crippen LogP contribution >= 0.6 is 0 Å². The predicted octanol–water partition coefficient (Wildman–Crippen LogP) is 1.02. The second kappa shape index (κ2) is 6.22. The third-order valence-electron chi connectivity index (χ3n) is 3.68. The number of nitrogens with zero attached hydrogens (tertiary/aromatic N) is 2. The molecule has 1 aliphatic heterocycles. The molecule has 0 bridgehead atoms. The summed E-state index contributed by atoms with van der Waals surface area (Å²) in [5.74, 6) is -0.649. The van der Waals surface area contributed by atoms with Crippen LogP contribution in [0.3, 0.4) is 0 Å². The molecule has 0 saturated carbocycles. The maximum Gasteiger partial charge on any atom is 0.239 e. The van der Waals surface area contributed by atoms with Gasteiger partial charge in [-0.1, -0.05) is 0 Å². The molecule has 1 aliphatic rings. The first-order valence-electron chi connectivity index (χ1n) is 7.00. The minimum atomic E-state index is -0.511. The third-order valence-corrected chi connectivity index (χ3v) is 3.68. The number of hydrogen-bond donors (Lipinski definition) is 1. The number of benzene rings is 1. The molecular formula is C15H20FN3O2. The topological polar surface area (TPSA) is 66.6 Å². The van der Waals surface area contributed by atoms with Gasteiger partial charge in [-0.05, 0) is 32.0 Å². The average molecular weight is 293 g/mol. The highest BCUT2D eigenvalue weighted by Gasteiger charge is 2.24. The van der Waals surface area contributed by atoms with Crippen molar-refractivity contribution in [1.29, 1.82) is 0 Å². The highest BCUT2D eigenvalue weighted by atomic mass is 19.1. The molecule has 2 N–H and O–H groups in total. The molecule has 0 unspecified atom stereocenters. The summed E-state index contributed by atoms with van der Waals surface area (Å²) in [7, 11) is 0. The largest absolute Gasteiger partial charge is 0.366 e. The van der Waals surface area contributed by atoms with Crippen molar-refractivity contribution in [1.82, 2.24) is 4.90 Å². The van der Waals surface area contributed by atoms with Crippen molar-refractivity contribution in [2.75, 3.05) is 31.1 Å². The van der Waals surface area contributed by atoms with Crippen LogP contribution in [0.1, 0.15) is 24.2 Å². The number of piperazine rings is 1. The minimum absolute atomic E-state index is 0.0814. The fourth-order valence-corrected chi connectivity index (χ4v) is 2.44. The van der Waals surface area contributed by atoms with Gasteiger partial charge in [-0.25, -0.2) is 4.39 Å². The normalized spacial score (nSPS) is 16.8. The Bertz CT molecular complexity index is 552. The number of rotatable bonds is 3. The van der Waals surface area contributed by atoms with E-state index in [9.17, 15) is 14.0 Å². The molecule has 1 aromatic rings. The minimum Gasteiger partial charge on any atom is -0.366 e. The summed E-state index contributed by atoms with van der Waals surface area (Å²) >= 11 is 0. The molecular weight excluding hydrogens is 273 g/mol. The lowest BCUT2D eigenvalue weighted by atomic mass is 10.1. The number of carbonyl (C=O) groups is 2. The van der Waals surface area contributed by atoms with E-state index in [0.29, 0.717) is 37.4 Å². The van der Waals surface area contributed by atoms with Crippen molar-refractivity contribution in [3.05, 3.63) is 29.6 Å². The molecule has 1 aromatic carbocycles. The van der Waals surface area contributed by atoms with Crippen LogP contribution in [-0.2, 0) is 4.79 Å². The van der Waals surface area contributed by atoms with Crippen molar-refractivity contribution in [3.63, 3.8) is 0 Å². The summed E-state index contributed by atoms with van der Waals surface area (Å²) in [6.45, 7) is 5.22. The summed E-state index contributed by atoms with van der Waals surface area (Å²) < 4.78 is 14.1. The van der Waals surface area contributed by atoms with Gasteiger partial charge in [0.1, 0.15) is 5.82 Å². The number of anilines is 1. The van der Waals surface area contributed by atoms with E-state index in [1.54, 1.807) is 24.0 Å². The number of ketones is 1. The van der Waals surface area contributed by atoms with Gasteiger partial charge >= 0.3 is 0 Å². The summed E-state index contributed by atoms with van der Waals surface area (Å²) in [6, 6.07) is 4.00. The van der Waals surface area contributed by atoms with Gasteiger partial charge in [-0.2, -0.15) is 0 Å². The number of amides is 1. The van der Waals surface area contributed by atoms with Crippen molar-refractivity contribution in [2.24, 2.45) is 5.73 Å². The Balaban J connectivity index is 2.06. The van der Waals surface area contributed by atoms with Crippen LogP contribution in [0, 0.1) is 5.82 Å². The molecule has 0 radical (unpaired) electrons. The Hall–Kier alpha value is -1.95. The number of Topliss-reactive ketones (excluding diaryl/α,β-unsaturated/α-hetero) is 1. The summed E-state index contributed by atoms with van der Waals surface area (Å²) in [5, 5.41) is 0. The zero-order chi connectivity index (χ0) is 15.6. The van der Waals surface area contributed by atoms with E-state index in [-0.39, 0.29) is 11.7 Å². The molecule has 0 spiro atoms. The second-order valence-corrected chi connectivity index (χ2v) is 5.32. The van der Waals surface area contributed by atoms with E-state index in [1.807, 2.05) is 4.90 Å². The zero-order valence-electron chi connectivity index (χ0n) is 12.3. The van der Waals surface area contributed by atoms with E-state index in [2.05, 4.69) is 0 Å². The Morgan fingerprint density at radius 3 is 2.33 bits per heavy atom. The Morgan fingerprint density at radius 1 is 1.24 bits per heavy atom. The van der Waals surface area contributed by atoms with Crippen molar-refractivity contribution in [2.45, 2.75) is 19.9 Å². The van der Waals surface area contributed by atoms with Crippen LogP contribution in [0.25, 0.3) is 0 Å². The first kappa shape index (κ1) is 15.4. The molecule has 0 aliphatic carbocycles. The van der Waals surface area contributed by atoms with Gasteiger partial charge in [0.05, 0.1) is 11.7 Å². The molecule has 1 heterocycles. The smallest absolute Gasteiger partial charge is 0.239 e. The van der Waals surface area contributed by atoms with E-state index in [1.165, 1.54) is 13.0 Å². The van der Waals surface area contributed by atoms with Gasteiger partial charge in [0.2, 0.25) is 5.91 Å². The molecule has 1 atom stereocenters. The van der Waals surface area contributed by atoms with Gasteiger partial charge in [0.15, 0.2) is 5.78 Å². The van der Waals surface area contributed by atoms with Crippen LogP contribution in [0.5, 0.6) is 0 Å². The highest BCUT2D eigenvalue weighted by molar-refractivity contribution is 5.94. The standard InChI is InChI=1S/C15H20FN3O2/c1-10(17)15(21)19-7-5-18(6-8-19)14-4-3-12(11(2)20)9-13(14)16/h3-4,9-10H,5-8,17H2,1-2H3/t10-/m1/s1. The third kappa shape index (κ3) is 3.39. The first-order chi connectivity index (χ1) is 9.90. The van der Waals surface area contributed by atoms with Crippen molar-refractivity contribution >= 4 is 17.4 Å². The van der Waals surface area contributed by atoms with Gasteiger partial charge in [-0.15, -0.1) is 0 Å². The fraction of sp³-hybridized carbons (Fsp3) is 0.467. The molecule has 114 valence electrons. The van der Waals surface area contributed by atoms with Gasteiger partial charge in [0, 0.05) is 31.7 Å². The molecule has 0 aromatic heterocycles. The van der Waals surface area contributed by atoms with E-state index >= 15 is 0 Å². The van der Waals surface area contributed by atoms with Crippen LogP contribution in [0.2, 0.25) is 0 Å². The SMILES string of the molecule is CC(=O)c1ccc(N2CCN(C(=O)[C@@H](C)N)CC2)c(F)c1. The molecule has 5 nitrogen and oxygen atoms in total.